The van der Waals surface area contributed by atoms with Crippen molar-refractivity contribution in [3.63, 3.8) is 0 Å². The van der Waals surface area contributed by atoms with Gasteiger partial charge in [0.15, 0.2) is 0 Å². The van der Waals surface area contributed by atoms with Gasteiger partial charge >= 0.3 is 6.03 Å². The molecule has 1 aromatic carbocycles. The Morgan fingerprint density at radius 2 is 1.95 bits per heavy atom. The van der Waals surface area contributed by atoms with E-state index in [0.717, 1.165) is 22.7 Å². The Labute approximate surface area is 127 Å². The summed E-state index contributed by atoms with van der Waals surface area (Å²) in [4.78, 5) is 16.2. The maximum Gasteiger partial charge on any atom is 0.323 e. The molecular formula is C17H25N3O. The van der Waals surface area contributed by atoms with Crippen LogP contribution in [0.2, 0.25) is 0 Å². The van der Waals surface area contributed by atoms with Crippen molar-refractivity contribution in [3.05, 3.63) is 41.6 Å². The number of hydrogen-bond donors (Lipinski definition) is 2. The van der Waals surface area contributed by atoms with Gasteiger partial charge in [0.05, 0.1) is 0 Å². The normalized spacial score (nSPS) is 13.0. The zero-order chi connectivity index (χ0) is 16.0. The average Bonchev–Trinajstić information content (AvgIpc) is 2.34. The van der Waals surface area contributed by atoms with Crippen LogP contribution in [0.25, 0.3) is 0 Å². The molecule has 2 N–H and O–H groups in total. The topological polar surface area (TPSA) is 53.5 Å². The second kappa shape index (κ2) is 7.07. The van der Waals surface area contributed by atoms with Crippen molar-refractivity contribution in [2.45, 2.75) is 34.6 Å². The van der Waals surface area contributed by atoms with E-state index in [1.165, 1.54) is 0 Å². The summed E-state index contributed by atoms with van der Waals surface area (Å²) in [5.74, 6) is 0. The van der Waals surface area contributed by atoms with Crippen LogP contribution in [0, 0.1) is 12.3 Å². The SMILES string of the molecule is C/N=C(\C=C(/C)NC(=O)Nc1cccc(C)c1)C(C)(C)C. The second-order valence-corrected chi connectivity index (χ2v) is 6.13. The van der Waals surface area contributed by atoms with Gasteiger partial charge in [-0.1, -0.05) is 32.9 Å². The summed E-state index contributed by atoms with van der Waals surface area (Å²) in [5, 5.41) is 5.63. The predicted molar refractivity (Wildman–Crippen MR) is 89.9 cm³/mol. The van der Waals surface area contributed by atoms with E-state index in [1.807, 2.05) is 44.2 Å². The molecule has 21 heavy (non-hydrogen) atoms. The van der Waals surface area contributed by atoms with E-state index in [2.05, 4.69) is 36.4 Å². The van der Waals surface area contributed by atoms with Gasteiger partial charge in [-0.05, 0) is 37.6 Å². The first-order valence-corrected chi connectivity index (χ1v) is 7.02. The molecule has 0 aromatic heterocycles. The van der Waals surface area contributed by atoms with E-state index >= 15 is 0 Å². The molecule has 0 radical (unpaired) electrons. The van der Waals surface area contributed by atoms with Crippen LogP contribution >= 0.6 is 0 Å². The third-order valence-corrected chi connectivity index (χ3v) is 2.95. The molecule has 0 heterocycles. The van der Waals surface area contributed by atoms with Gasteiger partial charge < -0.3 is 10.6 Å². The molecule has 0 unspecified atom stereocenters. The Kier molecular flexibility index (Phi) is 5.70. The fourth-order valence-corrected chi connectivity index (χ4v) is 1.92. The summed E-state index contributed by atoms with van der Waals surface area (Å²) >= 11 is 0. The molecular weight excluding hydrogens is 262 g/mol. The van der Waals surface area contributed by atoms with Gasteiger partial charge in [0.25, 0.3) is 0 Å². The van der Waals surface area contributed by atoms with Crippen molar-refractivity contribution in [2.24, 2.45) is 10.4 Å². The summed E-state index contributed by atoms with van der Waals surface area (Å²) in [5.41, 5.74) is 3.53. The summed E-state index contributed by atoms with van der Waals surface area (Å²) in [7, 11) is 1.76. The van der Waals surface area contributed by atoms with Gasteiger partial charge in [-0.15, -0.1) is 0 Å². The maximum absolute atomic E-state index is 12.0. The highest BCUT2D eigenvalue weighted by molar-refractivity contribution is 6.00. The summed E-state index contributed by atoms with van der Waals surface area (Å²) < 4.78 is 0. The van der Waals surface area contributed by atoms with E-state index in [9.17, 15) is 4.79 Å². The number of benzene rings is 1. The molecule has 0 atom stereocenters. The Morgan fingerprint density at radius 3 is 2.48 bits per heavy atom. The van der Waals surface area contributed by atoms with Gasteiger partial charge in [0.1, 0.15) is 0 Å². The molecule has 0 saturated heterocycles. The van der Waals surface area contributed by atoms with Crippen molar-refractivity contribution in [2.75, 3.05) is 12.4 Å². The van der Waals surface area contributed by atoms with Crippen LogP contribution < -0.4 is 10.6 Å². The fourth-order valence-electron chi connectivity index (χ4n) is 1.92. The molecule has 2 amide bonds. The third kappa shape index (κ3) is 5.81. The number of urea groups is 1. The lowest BCUT2D eigenvalue weighted by atomic mass is 9.89. The Morgan fingerprint density at radius 1 is 1.29 bits per heavy atom. The largest absolute Gasteiger partial charge is 0.323 e. The molecule has 0 saturated carbocycles. The number of rotatable bonds is 3. The predicted octanol–water partition coefficient (Wildman–Crippen LogP) is 4.14. The number of nitrogens with one attached hydrogen (secondary N) is 2. The van der Waals surface area contributed by atoms with Crippen LogP contribution in [0.15, 0.2) is 41.0 Å². The minimum atomic E-state index is -0.251. The molecule has 0 aliphatic rings. The number of anilines is 1. The highest BCUT2D eigenvalue weighted by Crippen LogP contribution is 2.17. The lowest BCUT2D eigenvalue weighted by Gasteiger charge is -2.19. The summed E-state index contributed by atoms with van der Waals surface area (Å²) in [6.07, 6.45) is 1.90. The molecule has 0 bridgehead atoms. The number of aryl methyl sites for hydroxylation is 1. The van der Waals surface area contributed by atoms with Crippen molar-refractivity contribution in [1.82, 2.24) is 5.32 Å². The molecule has 114 valence electrons. The lowest BCUT2D eigenvalue weighted by Crippen LogP contribution is -2.28. The van der Waals surface area contributed by atoms with Crippen LogP contribution in [0.5, 0.6) is 0 Å². The minimum absolute atomic E-state index is 0.0509. The van der Waals surface area contributed by atoms with E-state index in [4.69, 9.17) is 0 Å². The van der Waals surface area contributed by atoms with Crippen molar-refractivity contribution >= 4 is 17.4 Å². The first-order valence-electron chi connectivity index (χ1n) is 7.02. The van der Waals surface area contributed by atoms with Crippen LogP contribution in [0.3, 0.4) is 0 Å². The quantitative estimate of drug-likeness (QED) is 0.807. The first-order chi connectivity index (χ1) is 9.72. The van der Waals surface area contributed by atoms with Crippen molar-refractivity contribution < 1.29 is 4.79 Å². The monoisotopic (exact) mass is 287 g/mol. The van der Waals surface area contributed by atoms with E-state index in [-0.39, 0.29) is 11.4 Å². The molecule has 0 spiro atoms. The molecule has 4 nitrogen and oxygen atoms in total. The molecule has 0 aliphatic heterocycles. The van der Waals surface area contributed by atoms with Gasteiger partial charge in [-0.25, -0.2) is 4.79 Å². The van der Waals surface area contributed by atoms with E-state index in [1.54, 1.807) is 7.05 Å². The summed E-state index contributed by atoms with van der Waals surface area (Å²) in [6, 6.07) is 7.43. The van der Waals surface area contributed by atoms with Gasteiger partial charge in [-0.3, -0.25) is 4.99 Å². The van der Waals surface area contributed by atoms with Crippen LogP contribution in [0.4, 0.5) is 10.5 Å². The Hall–Kier alpha value is -2.10. The second-order valence-electron chi connectivity index (χ2n) is 6.13. The smallest absolute Gasteiger partial charge is 0.312 e. The Bertz CT molecular complexity index is 566. The molecule has 4 heteroatoms. The number of hydrogen-bond acceptors (Lipinski definition) is 2. The highest BCUT2D eigenvalue weighted by atomic mass is 16.2. The third-order valence-electron chi connectivity index (χ3n) is 2.95. The van der Waals surface area contributed by atoms with Crippen molar-refractivity contribution in [3.8, 4) is 0 Å². The number of carbonyl (C=O) groups excluding carboxylic acids is 1. The minimum Gasteiger partial charge on any atom is -0.312 e. The van der Waals surface area contributed by atoms with Gasteiger partial charge in [-0.2, -0.15) is 0 Å². The van der Waals surface area contributed by atoms with E-state index < -0.39 is 0 Å². The zero-order valence-electron chi connectivity index (χ0n) is 13.7. The number of carbonyl (C=O) groups is 1. The van der Waals surface area contributed by atoms with Gasteiger partial charge in [0, 0.05) is 29.6 Å². The number of allylic oxidation sites excluding steroid dienone is 2. The lowest BCUT2D eigenvalue weighted by molar-refractivity contribution is 0.254. The van der Waals surface area contributed by atoms with Crippen LogP contribution in [-0.2, 0) is 0 Å². The Balaban J connectivity index is 2.70. The van der Waals surface area contributed by atoms with Gasteiger partial charge in [0.2, 0.25) is 0 Å². The molecule has 0 fully saturated rings. The van der Waals surface area contributed by atoms with Crippen LogP contribution in [-0.4, -0.2) is 18.8 Å². The number of nitrogens with zero attached hydrogens (tertiary/aromatic N) is 1. The summed E-state index contributed by atoms with van der Waals surface area (Å²) in [6.45, 7) is 10.1. The first kappa shape index (κ1) is 17.0. The number of aliphatic imine (C=N–C) groups is 1. The molecule has 1 rings (SSSR count). The number of amides is 2. The van der Waals surface area contributed by atoms with E-state index in [0.29, 0.717) is 0 Å². The maximum atomic E-state index is 12.0. The zero-order valence-corrected chi connectivity index (χ0v) is 13.7. The molecule has 1 aromatic rings. The standard InChI is InChI=1S/C17H25N3O/c1-12-8-7-9-14(10-12)20-16(21)19-13(2)11-15(18-6)17(3,4)5/h7-11H,1-6H3,(H2,19,20,21)/b13-11+,18-15+. The fraction of sp³-hybridized carbons (Fsp3) is 0.412. The highest BCUT2D eigenvalue weighted by Gasteiger charge is 2.16. The molecule has 0 aliphatic carbocycles. The van der Waals surface area contributed by atoms with Crippen molar-refractivity contribution in [1.29, 1.82) is 0 Å². The average molecular weight is 287 g/mol. The van der Waals surface area contributed by atoms with Crippen LogP contribution in [0.1, 0.15) is 33.3 Å².